The van der Waals surface area contributed by atoms with E-state index in [0.717, 1.165) is 13.0 Å². The molecule has 0 radical (unpaired) electrons. The van der Waals surface area contributed by atoms with Crippen LogP contribution in [-0.2, 0) is 17.8 Å². The van der Waals surface area contributed by atoms with E-state index in [1.165, 1.54) is 35.8 Å². The number of benzene rings is 1. The summed E-state index contributed by atoms with van der Waals surface area (Å²) in [5.74, 6) is -0.0402. The van der Waals surface area contributed by atoms with E-state index in [4.69, 9.17) is 0 Å². The fourth-order valence-electron chi connectivity index (χ4n) is 2.86. The van der Waals surface area contributed by atoms with Crippen LogP contribution in [-0.4, -0.2) is 32.7 Å². The van der Waals surface area contributed by atoms with Crippen molar-refractivity contribution < 1.29 is 4.79 Å². The Labute approximate surface area is 123 Å². The maximum Gasteiger partial charge on any atom is 0.241 e. The lowest BCUT2D eigenvalue weighted by molar-refractivity contribution is -0.122. The van der Waals surface area contributed by atoms with Crippen LogP contribution in [0.15, 0.2) is 36.7 Å². The number of carbonyl (C=O) groups excluding carboxylic acids is 1. The molecule has 0 spiro atoms. The first-order valence-corrected chi connectivity index (χ1v) is 7.27. The summed E-state index contributed by atoms with van der Waals surface area (Å²) in [4.78, 5) is 11.9. The van der Waals surface area contributed by atoms with Crippen molar-refractivity contribution in [1.82, 2.24) is 25.5 Å². The Kier molecular flexibility index (Phi) is 3.94. The average molecular weight is 285 g/mol. The van der Waals surface area contributed by atoms with Gasteiger partial charge in [-0.3, -0.25) is 4.79 Å². The van der Waals surface area contributed by atoms with Crippen LogP contribution in [0.4, 0.5) is 0 Å². The minimum atomic E-state index is -0.0402. The summed E-state index contributed by atoms with van der Waals surface area (Å²) in [5.41, 5.74) is 1.56. The number of carbonyl (C=O) groups is 1. The van der Waals surface area contributed by atoms with Gasteiger partial charge in [0, 0.05) is 6.54 Å². The first-order valence-electron chi connectivity index (χ1n) is 7.27. The Morgan fingerprint density at radius 1 is 1.29 bits per heavy atom. The third-order valence-electron chi connectivity index (χ3n) is 4.19. The van der Waals surface area contributed by atoms with Crippen molar-refractivity contribution in [2.45, 2.75) is 32.2 Å². The normalized spacial score (nSPS) is 16.2. The number of hydrogen-bond acceptors (Lipinski definition) is 4. The maximum absolute atomic E-state index is 11.9. The third kappa shape index (κ3) is 3.45. The predicted octanol–water partition coefficient (Wildman–Crippen LogP) is 1.20. The van der Waals surface area contributed by atoms with Crippen molar-refractivity contribution in [3.05, 3.63) is 42.2 Å². The monoisotopic (exact) mass is 285 g/mol. The molecule has 6 nitrogen and oxygen atoms in total. The molecule has 0 aliphatic heterocycles. The van der Waals surface area contributed by atoms with E-state index in [1.54, 1.807) is 0 Å². The molecule has 3 rings (SSSR count). The zero-order valence-corrected chi connectivity index (χ0v) is 11.9. The lowest BCUT2D eigenvalue weighted by Crippen LogP contribution is -2.44. The van der Waals surface area contributed by atoms with E-state index >= 15 is 0 Å². The second-order valence-corrected chi connectivity index (χ2v) is 5.80. The summed E-state index contributed by atoms with van der Waals surface area (Å²) in [6, 6.07) is 10.5. The van der Waals surface area contributed by atoms with Gasteiger partial charge in [-0.05, 0) is 40.7 Å². The highest BCUT2D eigenvalue weighted by molar-refractivity contribution is 5.75. The fraction of sp³-hybridized carbons (Fsp3) is 0.467. The zero-order chi connectivity index (χ0) is 14.5. The SMILES string of the molecule is O=C(Cn1cnnn1)NCC1(Cc2ccccc2)CCC1. The van der Waals surface area contributed by atoms with Gasteiger partial charge in [0.05, 0.1) is 0 Å². The second-order valence-electron chi connectivity index (χ2n) is 5.80. The molecule has 0 atom stereocenters. The van der Waals surface area contributed by atoms with Crippen LogP contribution in [0, 0.1) is 5.41 Å². The van der Waals surface area contributed by atoms with Crippen LogP contribution in [0.2, 0.25) is 0 Å². The van der Waals surface area contributed by atoms with Crippen LogP contribution in [0.5, 0.6) is 0 Å². The summed E-state index contributed by atoms with van der Waals surface area (Å²) in [5, 5.41) is 13.8. The Morgan fingerprint density at radius 2 is 2.10 bits per heavy atom. The fourth-order valence-corrected chi connectivity index (χ4v) is 2.86. The minimum absolute atomic E-state index is 0.0402. The van der Waals surface area contributed by atoms with Gasteiger partial charge in [0.25, 0.3) is 0 Å². The van der Waals surface area contributed by atoms with Gasteiger partial charge >= 0.3 is 0 Å². The Bertz CT molecular complexity index is 577. The van der Waals surface area contributed by atoms with E-state index < -0.39 is 0 Å². The maximum atomic E-state index is 11.9. The molecule has 0 bridgehead atoms. The molecule has 1 aromatic heterocycles. The lowest BCUT2D eigenvalue weighted by Gasteiger charge is -2.42. The molecule has 110 valence electrons. The van der Waals surface area contributed by atoms with Gasteiger partial charge < -0.3 is 5.32 Å². The first kappa shape index (κ1) is 13.7. The van der Waals surface area contributed by atoms with Crippen molar-refractivity contribution in [3.8, 4) is 0 Å². The molecule has 0 unspecified atom stereocenters. The summed E-state index contributed by atoms with van der Waals surface area (Å²) >= 11 is 0. The van der Waals surface area contributed by atoms with Gasteiger partial charge in [-0.15, -0.1) is 5.10 Å². The smallest absolute Gasteiger partial charge is 0.241 e. The van der Waals surface area contributed by atoms with Crippen LogP contribution >= 0.6 is 0 Å². The molecule has 6 heteroatoms. The number of tetrazole rings is 1. The summed E-state index contributed by atoms with van der Waals surface area (Å²) in [6.07, 6.45) is 6.07. The lowest BCUT2D eigenvalue weighted by atomic mass is 9.65. The molecule has 0 saturated heterocycles. The summed E-state index contributed by atoms with van der Waals surface area (Å²) < 4.78 is 1.43. The van der Waals surface area contributed by atoms with Gasteiger partial charge in [-0.25, -0.2) is 4.68 Å². The second kappa shape index (κ2) is 6.03. The number of amides is 1. The van der Waals surface area contributed by atoms with Gasteiger partial charge in [0.2, 0.25) is 5.91 Å². The van der Waals surface area contributed by atoms with Crippen molar-refractivity contribution >= 4 is 5.91 Å². The van der Waals surface area contributed by atoms with Crippen molar-refractivity contribution in [1.29, 1.82) is 0 Å². The first-order chi connectivity index (χ1) is 10.3. The van der Waals surface area contributed by atoms with Gasteiger partial charge in [-0.2, -0.15) is 0 Å². The Hall–Kier alpha value is -2.24. The number of hydrogen-bond donors (Lipinski definition) is 1. The van der Waals surface area contributed by atoms with E-state index in [-0.39, 0.29) is 17.9 Å². The molecule has 1 heterocycles. The molecule has 1 N–H and O–H groups in total. The number of aromatic nitrogens is 4. The van der Waals surface area contributed by atoms with Crippen molar-refractivity contribution in [2.75, 3.05) is 6.54 Å². The van der Waals surface area contributed by atoms with Crippen LogP contribution in [0.25, 0.3) is 0 Å². The molecule has 1 aromatic carbocycles. The quantitative estimate of drug-likeness (QED) is 0.865. The molecular formula is C15H19N5O. The van der Waals surface area contributed by atoms with E-state index in [1.807, 2.05) is 6.07 Å². The number of nitrogens with zero attached hydrogens (tertiary/aromatic N) is 4. The Balaban J connectivity index is 1.53. The van der Waals surface area contributed by atoms with E-state index in [0.29, 0.717) is 0 Å². The number of nitrogens with one attached hydrogen (secondary N) is 1. The summed E-state index contributed by atoms with van der Waals surface area (Å²) in [7, 11) is 0. The average Bonchev–Trinajstić information content (AvgIpc) is 2.95. The molecule has 1 saturated carbocycles. The van der Waals surface area contributed by atoms with Crippen molar-refractivity contribution in [2.24, 2.45) is 5.41 Å². The molecule has 1 aliphatic carbocycles. The van der Waals surface area contributed by atoms with Crippen LogP contribution in [0.1, 0.15) is 24.8 Å². The molecular weight excluding hydrogens is 266 g/mol. The van der Waals surface area contributed by atoms with Crippen LogP contribution < -0.4 is 5.32 Å². The highest BCUT2D eigenvalue weighted by atomic mass is 16.2. The van der Waals surface area contributed by atoms with Crippen LogP contribution in [0.3, 0.4) is 0 Å². The molecule has 1 aliphatic rings. The molecule has 1 amide bonds. The topological polar surface area (TPSA) is 72.7 Å². The zero-order valence-electron chi connectivity index (χ0n) is 11.9. The van der Waals surface area contributed by atoms with E-state index in [2.05, 4.69) is 45.1 Å². The predicted molar refractivity (Wildman–Crippen MR) is 77.3 cm³/mol. The minimum Gasteiger partial charge on any atom is -0.354 e. The largest absolute Gasteiger partial charge is 0.354 e. The standard InChI is InChI=1S/C15H19N5O/c21-14(10-20-12-17-18-19-20)16-11-15(7-4-8-15)9-13-5-2-1-3-6-13/h1-3,5-6,12H,4,7-11H2,(H,16,21). The Morgan fingerprint density at radius 3 is 2.71 bits per heavy atom. The van der Waals surface area contributed by atoms with Crippen molar-refractivity contribution in [3.63, 3.8) is 0 Å². The number of rotatable bonds is 6. The molecule has 21 heavy (non-hydrogen) atoms. The summed E-state index contributed by atoms with van der Waals surface area (Å²) in [6.45, 7) is 0.900. The molecule has 2 aromatic rings. The third-order valence-corrected chi connectivity index (χ3v) is 4.19. The van der Waals surface area contributed by atoms with Gasteiger partial charge in [0.15, 0.2) is 0 Å². The highest BCUT2D eigenvalue weighted by Gasteiger charge is 2.37. The van der Waals surface area contributed by atoms with Gasteiger partial charge in [0.1, 0.15) is 12.9 Å². The van der Waals surface area contributed by atoms with Gasteiger partial charge in [-0.1, -0.05) is 36.8 Å². The molecule has 1 fully saturated rings. The highest BCUT2D eigenvalue weighted by Crippen LogP contribution is 2.43. The van der Waals surface area contributed by atoms with E-state index in [9.17, 15) is 4.79 Å².